The minimum absolute atomic E-state index is 0.0625. The van der Waals surface area contributed by atoms with E-state index in [9.17, 15) is 4.79 Å². The van der Waals surface area contributed by atoms with Gasteiger partial charge in [0, 0.05) is 16.2 Å². The van der Waals surface area contributed by atoms with E-state index >= 15 is 0 Å². The van der Waals surface area contributed by atoms with Gasteiger partial charge in [-0.25, -0.2) is 0 Å². The summed E-state index contributed by atoms with van der Waals surface area (Å²) in [4.78, 5) is 16.2. The van der Waals surface area contributed by atoms with Gasteiger partial charge in [0.05, 0.1) is 0 Å². The smallest absolute Gasteiger partial charge is 0.212 e. The Morgan fingerprint density at radius 2 is 1.88 bits per heavy atom. The van der Waals surface area contributed by atoms with Crippen LogP contribution in [-0.2, 0) is 0 Å². The van der Waals surface area contributed by atoms with Crippen LogP contribution in [0.5, 0.6) is 0 Å². The third-order valence-corrected chi connectivity index (χ3v) is 2.93. The van der Waals surface area contributed by atoms with E-state index in [1.807, 2.05) is 37.3 Å². The van der Waals surface area contributed by atoms with Gasteiger partial charge in [-0.3, -0.25) is 9.78 Å². The summed E-state index contributed by atoms with van der Waals surface area (Å²) in [5.41, 5.74) is 2.24. The topological polar surface area (TPSA) is 30.0 Å². The van der Waals surface area contributed by atoms with Gasteiger partial charge in [0.15, 0.2) is 0 Å². The van der Waals surface area contributed by atoms with Crippen molar-refractivity contribution in [3.63, 3.8) is 0 Å². The second-order valence-electron chi connectivity index (χ2n) is 3.53. The molecular weight excluding hydrogens is 266 g/mol. The Kier molecular flexibility index (Phi) is 3.15. The highest BCUT2D eigenvalue weighted by Crippen LogP contribution is 2.17. The molecule has 0 unspecified atom stereocenters. The van der Waals surface area contributed by atoms with Gasteiger partial charge in [0.25, 0.3) is 0 Å². The monoisotopic (exact) mass is 275 g/mol. The quantitative estimate of drug-likeness (QED) is 0.787. The number of hydrogen-bond donors (Lipinski definition) is 0. The molecule has 2 aromatic rings. The Morgan fingerprint density at radius 3 is 2.50 bits per heavy atom. The van der Waals surface area contributed by atoms with Gasteiger partial charge >= 0.3 is 0 Å². The maximum absolute atomic E-state index is 12.1. The highest BCUT2D eigenvalue weighted by Gasteiger charge is 2.12. The normalized spacial score (nSPS) is 10.1. The van der Waals surface area contributed by atoms with E-state index in [2.05, 4.69) is 20.9 Å². The van der Waals surface area contributed by atoms with Crippen LogP contribution in [0.2, 0.25) is 0 Å². The molecule has 0 saturated heterocycles. The molecule has 0 bridgehead atoms. The zero-order valence-corrected chi connectivity index (χ0v) is 10.4. The first-order chi connectivity index (χ1) is 7.68. The van der Waals surface area contributed by atoms with Crippen LogP contribution in [0, 0.1) is 6.92 Å². The Labute approximate surface area is 102 Å². The first kappa shape index (κ1) is 11.0. The number of carbonyl (C=O) groups is 1. The van der Waals surface area contributed by atoms with Gasteiger partial charge < -0.3 is 0 Å². The van der Waals surface area contributed by atoms with Crippen molar-refractivity contribution < 1.29 is 4.79 Å². The van der Waals surface area contributed by atoms with Crippen molar-refractivity contribution in [1.29, 1.82) is 0 Å². The molecule has 0 spiro atoms. The first-order valence-electron chi connectivity index (χ1n) is 4.90. The number of pyridine rings is 1. The summed E-state index contributed by atoms with van der Waals surface area (Å²) in [5.74, 6) is -0.0625. The molecule has 0 fully saturated rings. The van der Waals surface area contributed by atoms with Crippen LogP contribution >= 0.6 is 15.9 Å². The van der Waals surface area contributed by atoms with Crippen LogP contribution in [0.3, 0.4) is 0 Å². The van der Waals surface area contributed by atoms with Crippen molar-refractivity contribution >= 4 is 21.7 Å². The summed E-state index contributed by atoms with van der Waals surface area (Å²) in [5, 5.41) is 0. The highest BCUT2D eigenvalue weighted by atomic mass is 79.9. The lowest BCUT2D eigenvalue weighted by atomic mass is 10.1. The molecule has 2 nitrogen and oxygen atoms in total. The second-order valence-corrected chi connectivity index (χ2v) is 4.38. The van der Waals surface area contributed by atoms with Crippen molar-refractivity contribution in [3.05, 3.63) is 63.9 Å². The molecule has 0 aliphatic carbocycles. The van der Waals surface area contributed by atoms with E-state index in [0.717, 1.165) is 10.0 Å². The molecule has 1 aromatic heterocycles. The summed E-state index contributed by atoms with van der Waals surface area (Å²) >= 11 is 3.33. The second kappa shape index (κ2) is 4.58. The molecule has 80 valence electrons. The van der Waals surface area contributed by atoms with E-state index < -0.39 is 0 Å². The fraction of sp³-hybridized carbons (Fsp3) is 0.0769. The summed E-state index contributed by atoms with van der Waals surface area (Å²) in [6, 6.07) is 11.1. The van der Waals surface area contributed by atoms with Crippen LogP contribution < -0.4 is 0 Å². The molecule has 1 heterocycles. The van der Waals surface area contributed by atoms with Crippen LogP contribution in [0.15, 0.2) is 47.1 Å². The van der Waals surface area contributed by atoms with Crippen molar-refractivity contribution in [3.8, 4) is 0 Å². The van der Waals surface area contributed by atoms with Crippen LogP contribution in [0.1, 0.15) is 21.6 Å². The number of benzene rings is 1. The van der Waals surface area contributed by atoms with E-state index in [1.54, 1.807) is 12.3 Å². The van der Waals surface area contributed by atoms with Crippen LogP contribution in [0.25, 0.3) is 0 Å². The number of halogens is 1. The third-order valence-electron chi connectivity index (χ3n) is 2.29. The van der Waals surface area contributed by atoms with Gasteiger partial charge in [-0.2, -0.15) is 0 Å². The Balaban J connectivity index is 2.40. The number of aryl methyl sites for hydroxylation is 1. The molecular formula is C13H10BrNO. The number of nitrogens with zero attached hydrogens (tertiary/aromatic N) is 1. The van der Waals surface area contributed by atoms with Gasteiger partial charge in [0.1, 0.15) is 5.69 Å². The molecule has 0 atom stereocenters. The van der Waals surface area contributed by atoms with Crippen molar-refractivity contribution in [2.75, 3.05) is 0 Å². The molecule has 2 rings (SSSR count). The maximum atomic E-state index is 12.1. The summed E-state index contributed by atoms with van der Waals surface area (Å²) in [6.07, 6.45) is 1.62. The number of carbonyl (C=O) groups excluding carboxylic acids is 1. The largest absolute Gasteiger partial charge is 0.287 e. The van der Waals surface area contributed by atoms with E-state index in [0.29, 0.717) is 11.3 Å². The number of rotatable bonds is 2. The zero-order chi connectivity index (χ0) is 11.5. The highest BCUT2D eigenvalue weighted by molar-refractivity contribution is 9.10. The van der Waals surface area contributed by atoms with E-state index in [-0.39, 0.29) is 5.78 Å². The number of aromatic nitrogens is 1. The van der Waals surface area contributed by atoms with Crippen molar-refractivity contribution in [1.82, 2.24) is 4.98 Å². The summed E-state index contributed by atoms with van der Waals surface area (Å²) < 4.78 is 0.723. The molecule has 16 heavy (non-hydrogen) atoms. The van der Waals surface area contributed by atoms with E-state index in [1.165, 1.54) is 0 Å². The summed E-state index contributed by atoms with van der Waals surface area (Å²) in [7, 11) is 0. The zero-order valence-electron chi connectivity index (χ0n) is 8.77. The van der Waals surface area contributed by atoms with Crippen LogP contribution in [-0.4, -0.2) is 10.8 Å². The average molecular weight is 276 g/mol. The number of ketones is 1. The summed E-state index contributed by atoms with van der Waals surface area (Å²) in [6.45, 7) is 1.99. The van der Waals surface area contributed by atoms with Crippen molar-refractivity contribution in [2.24, 2.45) is 0 Å². The molecule has 0 saturated carbocycles. The molecule has 0 aliphatic rings. The SMILES string of the molecule is Cc1ccc(C(=O)c2ncccc2Br)cc1. The Morgan fingerprint density at radius 1 is 1.19 bits per heavy atom. The lowest BCUT2D eigenvalue weighted by Crippen LogP contribution is -2.04. The Hall–Kier alpha value is -1.48. The minimum atomic E-state index is -0.0625. The van der Waals surface area contributed by atoms with Crippen LogP contribution in [0.4, 0.5) is 0 Å². The van der Waals surface area contributed by atoms with Gasteiger partial charge in [0.2, 0.25) is 5.78 Å². The predicted molar refractivity (Wildman–Crippen MR) is 66.5 cm³/mol. The van der Waals surface area contributed by atoms with Gasteiger partial charge in [-0.1, -0.05) is 29.8 Å². The fourth-order valence-corrected chi connectivity index (χ4v) is 1.83. The molecule has 0 N–H and O–H groups in total. The molecule has 0 radical (unpaired) electrons. The molecule has 0 amide bonds. The first-order valence-corrected chi connectivity index (χ1v) is 5.69. The molecule has 0 aliphatic heterocycles. The predicted octanol–water partition coefficient (Wildman–Crippen LogP) is 3.38. The standard InChI is InChI=1S/C13H10BrNO/c1-9-4-6-10(7-5-9)13(16)12-11(14)3-2-8-15-12/h2-8H,1H3. The van der Waals surface area contributed by atoms with Gasteiger partial charge in [-0.05, 0) is 35.0 Å². The number of hydrogen-bond acceptors (Lipinski definition) is 2. The maximum Gasteiger partial charge on any atom is 0.212 e. The lowest BCUT2D eigenvalue weighted by molar-refractivity contribution is 0.103. The Bertz CT molecular complexity index is 520. The lowest BCUT2D eigenvalue weighted by Gasteiger charge is -2.02. The molecule has 3 heteroatoms. The molecule has 1 aromatic carbocycles. The minimum Gasteiger partial charge on any atom is -0.287 e. The van der Waals surface area contributed by atoms with Gasteiger partial charge in [-0.15, -0.1) is 0 Å². The average Bonchev–Trinajstić information content (AvgIpc) is 2.30. The fourth-order valence-electron chi connectivity index (χ4n) is 1.39. The van der Waals surface area contributed by atoms with E-state index in [4.69, 9.17) is 0 Å². The van der Waals surface area contributed by atoms with Crippen molar-refractivity contribution in [2.45, 2.75) is 6.92 Å². The third kappa shape index (κ3) is 2.19.